The Morgan fingerprint density at radius 2 is 2.00 bits per heavy atom. The summed E-state index contributed by atoms with van der Waals surface area (Å²) >= 11 is 6.75. The number of carbonyl (C=O) groups is 2. The van der Waals surface area contributed by atoms with Crippen molar-refractivity contribution in [1.82, 2.24) is 24.5 Å². The summed E-state index contributed by atoms with van der Waals surface area (Å²) in [6.45, 7) is 6.22. The Balaban J connectivity index is 1.85. The molecule has 0 aliphatic carbocycles. The molecule has 0 bridgehead atoms. The Labute approximate surface area is 207 Å². The van der Waals surface area contributed by atoms with Gasteiger partial charge in [-0.05, 0) is 25.5 Å². The van der Waals surface area contributed by atoms with E-state index < -0.39 is 29.9 Å². The van der Waals surface area contributed by atoms with Gasteiger partial charge in [0.1, 0.15) is 15.4 Å². The van der Waals surface area contributed by atoms with Crippen molar-refractivity contribution in [2.24, 2.45) is 11.7 Å². The highest BCUT2D eigenvalue weighted by Crippen LogP contribution is 2.43. The van der Waals surface area contributed by atoms with Crippen molar-refractivity contribution in [3.63, 3.8) is 0 Å². The maximum absolute atomic E-state index is 13.7. The molecule has 4 heterocycles. The molecule has 35 heavy (non-hydrogen) atoms. The van der Waals surface area contributed by atoms with Crippen LogP contribution in [0.5, 0.6) is 0 Å². The lowest BCUT2D eigenvalue weighted by Gasteiger charge is -2.14. The zero-order chi connectivity index (χ0) is 25.4. The molecule has 4 rings (SSSR count). The number of alkyl halides is 2. The van der Waals surface area contributed by atoms with Crippen LogP contribution in [0.25, 0.3) is 21.3 Å². The molecule has 4 aromatic rings. The number of carbonyl (C=O) groups excluding carboxylic acids is 2. The second kappa shape index (κ2) is 9.70. The van der Waals surface area contributed by atoms with Crippen molar-refractivity contribution < 1.29 is 18.4 Å². The molecule has 0 aromatic carbocycles. The molecule has 0 spiro atoms. The van der Waals surface area contributed by atoms with Crippen molar-refractivity contribution in [2.45, 2.75) is 40.3 Å². The number of halogens is 3. The summed E-state index contributed by atoms with van der Waals surface area (Å²) in [4.78, 5) is 29.6. The van der Waals surface area contributed by atoms with Crippen LogP contribution >= 0.6 is 22.9 Å². The molecular weight excluding hydrogens is 500 g/mol. The van der Waals surface area contributed by atoms with Crippen LogP contribution in [-0.4, -0.2) is 36.4 Å². The van der Waals surface area contributed by atoms with Crippen LogP contribution < -0.4 is 11.1 Å². The number of amides is 2. The average molecular weight is 522 g/mol. The van der Waals surface area contributed by atoms with Crippen molar-refractivity contribution >= 4 is 50.7 Å². The number of primary amides is 1. The van der Waals surface area contributed by atoms with E-state index in [9.17, 15) is 18.4 Å². The normalized spacial score (nSPS) is 12.4. The van der Waals surface area contributed by atoms with Gasteiger partial charge in [-0.3, -0.25) is 19.0 Å². The second-order valence-corrected chi connectivity index (χ2v) is 9.41. The SMILES string of the molecule is CCn1ncc(-c2cc(C(F)F)nc3sc(C(N)=O)c(NC(=O)C(C)Cn4cc(Cl)cn4)c23)c1C. The number of hydrogen-bond donors (Lipinski definition) is 2. The number of aromatic nitrogens is 5. The van der Waals surface area contributed by atoms with E-state index in [2.05, 4.69) is 20.5 Å². The van der Waals surface area contributed by atoms with E-state index in [1.54, 1.807) is 24.0 Å². The van der Waals surface area contributed by atoms with E-state index in [0.29, 0.717) is 28.1 Å². The number of hydrogen-bond acceptors (Lipinski definition) is 6. The number of nitrogens with zero attached hydrogens (tertiary/aromatic N) is 5. The summed E-state index contributed by atoms with van der Waals surface area (Å²) < 4.78 is 30.6. The van der Waals surface area contributed by atoms with Gasteiger partial charge >= 0.3 is 0 Å². The Morgan fingerprint density at radius 3 is 2.57 bits per heavy atom. The molecule has 3 N–H and O–H groups in total. The van der Waals surface area contributed by atoms with E-state index in [4.69, 9.17) is 17.3 Å². The van der Waals surface area contributed by atoms with Crippen molar-refractivity contribution in [3.05, 3.63) is 45.9 Å². The minimum Gasteiger partial charge on any atom is -0.365 e. The first-order valence-corrected chi connectivity index (χ1v) is 11.9. The minimum absolute atomic E-state index is 0.0170. The Hall–Kier alpha value is -3.38. The summed E-state index contributed by atoms with van der Waals surface area (Å²) in [5, 5.41) is 12.0. The lowest BCUT2D eigenvalue weighted by molar-refractivity contribution is -0.119. The first-order chi connectivity index (χ1) is 16.6. The number of nitrogens with two attached hydrogens (primary N) is 1. The number of nitrogens with one attached hydrogen (secondary N) is 1. The molecule has 2 amide bonds. The van der Waals surface area contributed by atoms with Crippen LogP contribution in [0, 0.1) is 12.8 Å². The van der Waals surface area contributed by atoms with Crippen LogP contribution in [0.4, 0.5) is 14.5 Å². The standard InChI is InChI=1S/C22H22ClF2N7O2S/c1-4-32-11(3)14(7-28-32)13-5-15(19(24)25)29-22-16(13)17(18(35-22)20(26)33)30-21(34)10(2)8-31-9-12(23)6-27-31/h5-7,9-10,19H,4,8H2,1-3H3,(H2,26,33)(H,30,34). The molecule has 1 atom stereocenters. The average Bonchev–Trinajstić information content (AvgIpc) is 3.49. The van der Waals surface area contributed by atoms with Crippen LogP contribution in [0.1, 0.15) is 41.3 Å². The molecule has 0 saturated heterocycles. The van der Waals surface area contributed by atoms with E-state index in [1.807, 2.05) is 13.8 Å². The highest BCUT2D eigenvalue weighted by molar-refractivity contribution is 7.21. The summed E-state index contributed by atoms with van der Waals surface area (Å²) in [7, 11) is 0. The third-order valence-corrected chi connectivity index (χ3v) is 6.87. The van der Waals surface area contributed by atoms with Gasteiger partial charge in [-0.15, -0.1) is 11.3 Å². The molecule has 0 aliphatic heterocycles. The fraction of sp³-hybridized carbons (Fsp3) is 0.318. The van der Waals surface area contributed by atoms with Gasteiger partial charge in [0, 0.05) is 29.4 Å². The van der Waals surface area contributed by atoms with Gasteiger partial charge in [0.25, 0.3) is 12.3 Å². The molecule has 0 fully saturated rings. The van der Waals surface area contributed by atoms with Crippen molar-refractivity contribution in [3.8, 4) is 11.1 Å². The van der Waals surface area contributed by atoms with Gasteiger partial charge in [0.05, 0.1) is 35.6 Å². The monoisotopic (exact) mass is 521 g/mol. The second-order valence-electron chi connectivity index (χ2n) is 7.98. The Bertz CT molecular complexity index is 1430. The lowest BCUT2D eigenvalue weighted by atomic mass is 10.0. The Kier molecular flexibility index (Phi) is 6.86. The van der Waals surface area contributed by atoms with E-state index in [1.165, 1.54) is 16.9 Å². The maximum atomic E-state index is 13.7. The fourth-order valence-corrected chi connectivity index (χ4v) is 4.98. The molecule has 0 saturated carbocycles. The molecule has 1 unspecified atom stereocenters. The van der Waals surface area contributed by atoms with Gasteiger partial charge in [0.15, 0.2) is 0 Å². The molecule has 0 radical (unpaired) electrons. The summed E-state index contributed by atoms with van der Waals surface area (Å²) in [6, 6.07) is 1.26. The molecule has 4 aromatic heterocycles. The van der Waals surface area contributed by atoms with Gasteiger partial charge in [-0.25, -0.2) is 13.8 Å². The zero-order valence-electron chi connectivity index (χ0n) is 19.1. The van der Waals surface area contributed by atoms with Crippen LogP contribution in [0.15, 0.2) is 24.7 Å². The summed E-state index contributed by atoms with van der Waals surface area (Å²) in [6.07, 6.45) is 1.78. The lowest BCUT2D eigenvalue weighted by Crippen LogP contribution is -2.25. The quantitative estimate of drug-likeness (QED) is 0.349. The molecule has 9 nitrogen and oxygen atoms in total. The maximum Gasteiger partial charge on any atom is 0.280 e. The third kappa shape index (κ3) is 4.76. The highest BCUT2D eigenvalue weighted by Gasteiger charge is 2.27. The molecule has 184 valence electrons. The molecular formula is C22H22ClF2N7O2S. The van der Waals surface area contributed by atoms with Crippen LogP contribution in [0.2, 0.25) is 5.02 Å². The van der Waals surface area contributed by atoms with Crippen LogP contribution in [-0.2, 0) is 17.9 Å². The summed E-state index contributed by atoms with van der Waals surface area (Å²) in [5.41, 5.74) is 7.00. The minimum atomic E-state index is -2.84. The first kappa shape index (κ1) is 24.7. The van der Waals surface area contributed by atoms with E-state index in [-0.39, 0.29) is 21.9 Å². The molecule has 0 aliphatic rings. The summed E-state index contributed by atoms with van der Waals surface area (Å²) in [5.74, 6) is -1.79. The Morgan fingerprint density at radius 1 is 1.26 bits per heavy atom. The van der Waals surface area contributed by atoms with Crippen molar-refractivity contribution in [2.75, 3.05) is 5.32 Å². The predicted molar refractivity (Wildman–Crippen MR) is 130 cm³/mol. The first-order valence-electron chi connectivity index (χ1n) is 10.7. The molecule has 13 heteroatoms. The fourth-order valence-electron chi connectivity index (χ4n) is 3.81. The van der Waals surface area contributed by atoms with E-state index >= 15 is 0 Å². The topological polar surface area (TPSA) is 121 Å². The number of rotatable bonds is 8. The van der Waals surface area contributed by atoms with Gasteiger partial charge in [0.2, 0.25) is 5.91 Å². The number of aryl methyl sites for hydroxylation is 1. The predicted octanol–water partition coefficient (Wildman–Crippen LogP) is 4.65. The van der Waals surface area contributed by atoms with Crippen LogP contribution in [0.3, 0.4) is 0 Å². The number of anilines is 1. The number of thiophene rings is 1. The van der Waals surface area contributed by atoms with E-state index in [0.717, 1.165) is 17.0 Å². The highest BCUT2D eigenvalue weighted by atomic mass is 35.5. The van der Waals surface area contributed by atoms with Gasteiger partial charge in [-0.2, -0.15) is 10.2 Å². The van der Waals surface area contributed by atoms with Gasteiger partial charge in [-0.1, -0.05) is 18.5 Å². The van der Waals surface area contributed by atoms with Crippen molar-refractivity contribution in [1.29, 1.82) is 0 Å². The largest absolute Gasteiger partial charge is 0.365 e. The smallest absolute Gasteiger partial charge is 0.280 e. The van der Waals surface area contributed by atoms with Gasteiger partial charge < -0.3 is 11.1 Å². The number of fused-ring (bicyclic) bond motifs is 1. The third-order valence-electron chi connectivity index (χ3n) is 5.58. The number of pyridine rings is 1. The zero-order valence-corrected chi connectivity index (χ0v) is 20.6.